The van der Waals surface area contributed by atoms with Crippen molar-refractivity contribution in [2.75, 3.05) is 0 Å². The molecule has 2 radical (unpaired) electrons. The van der Waals surface area contributed by atoms with Gasteiger partial charge in [0, 0.05) is 5.56 Å². The van der Waals surface area contributed by atoms with Crippen LogP contribution in [0.3, 0.4) is 0 Å². The Kier molecular flexibility index (Phi) is 2.00. The molecular formula is C8H6F2. The highest BCUT2D eigenvalue weighted by Crippen LogP contribution is 2.17. The second-order valence-corrected chi connectivity index (χ2v) is 1.97. The first-order chi connectivity index (χ1) is 4.70. The van der Waals surface area contributed by atoms with Gasteiger partial charge in [-0.15, -0.1) is 0 Å². The number of halogens is 2. The SMILES string of the molecule is [CH]c1ccc(C(F)F)cc1. The van der Waals surface area contributed by atoms with Gasteiger partial charge in [-0.05, 0) is 12.5 Å². The van der Waals surface area contributed by atoms with Gasteiger partial charge in [0.1, 0.15) is 0 Å². The van der Waals surface area contributed by atoms with Crippen molar-refractivity contribution in [2.24, 2.45) is 0 Å². The Hall–Kier alpha value is -0.920. The van der Waals surface area contributed by atoms with Crippen LogP contribution in [-0.4, -0.2) is 0 Å². The zero-order valence-electron chi connectivity index (χ0n) is 5.22. The molecule has 0 N–H and O–H groups in total. The molecule has 0 saturated carbocycles. The van der Waals surface area contributed by atoms with Gasteiger partial charge < -0.3 is 0 Å². The lowest BCUT2D eigenvalue weighted by Gasteiger charge is -1.97. The molecule has 0 atom stereocenters. The van der Waals surface area contributed by atoms with E-state index < -0.39 is 6.43 Å². The van der Waals surface area contributed by atoms with Gasteiger partial charge in [-0.25, -0.2) is 8.78 Å². The van der Waals surface area contributed by atoms with E-state index in [1.54, 1.807) is 0 Å². The molecule has 0 bridgehead atoms. The van der Waals surface area contributed by atoms with Crippen LogP contribution in [0.25, 0.3) is 0 Å². The standard InChI is InChI=1S/C8H6F2/c1-6-2-4-7(5-3-6)8(9)10/h1-5,8H. The highest BCUT2D eigenvalue weighted by molar-refractivity contribution is 5.24. The summed E-state index contributed by atoms with van der Waals surface area (Å²) in [4.78, 5) is 0. The van der Waals surface area contributed by atoms with Crippen LogP contribution in [0.4, 0.5) is 8.78 Å². The van der Waals surface area contributed by atoms with E-state index in [0.29, 0.717) is 5.56 Å². The molecule has 1 aromatic rings. The molecule has 0 unspecified atom stereocenters. The summed E-state index contributed by atoms with van der Waals surface area (Å²) in [5, 5.41) is 0. The average Bonchev–Trinajstić information content (AvgIpc) is 1.88. The molecule has 2 heteroatoms. The topological polar surface area (TPSA) is 0 Å². The fourth-order valence-electron chi connectivity index (χ4n) is 0.641. The first-order valence-corrected chi connectivity index (χ1v) is 2.84. The molecule has 52 valence electrons. The summed E-state index contributed by atoms with van der Waals surface area (Å²) in [6.07, 6.45) is -2.40. The maximum Gasteiger partial charge on any atom is 0.263 e. The van der Waals surface area contributed by atoms with Crippen molar-refractivity contribution in [3.63, 3.8) is 0 Å². The van der Waals surface area contributed by atoms with Crippen LogP contribution in [0.1, 0.15) is 17.6 Å². The van der Waals surface area contributed by atoms with Gasteiger partial charge in [-0.3, -0.25) is 0 Å². The highest BCUT2D eigenvalue weighted by Gasteiger charge is 2.03. The second kappa shape index (κ2) is 2.78. The summed E-state index contributed by atoms with van der Waals surface area (Å²) in [6.45, 7) is 5.28. The molecule has 0 aliphatic carbocycles. The molecule has 0 saturated heterocycles. The number of hydrogen-bond donors (Lipinski definition) is 0. The summed E-state index contributed by atoms with van der Waals surface area (Å²) >= 11 is 0. The molecule has 1 aromatic carbocycles. The zero-order chi connectivity index (χ0) is 7.56. The van der Waals surface area contributed by atoms with Crippen LogP contribution in [0.5, 0.6) is 0 Å². The van der Waals surface area contributed by atoms with E-state index in [-0.39, 0.29) is 5.56 Å². The van der Waals surface area contributed by atoms with Crippen molar-refractivity contribution in [1.82, 2.24) is 0 Å². The first kappa shape index (κ1) is 7.19. The molecule has 0 heterocycles. The number of rotatable bonds is 1. The second-order valence-electron chi connectivity index (χ2n) is 1.97. The maximum absolute atomic E-state index is 11.9. The van der Waals surface area contributed by atoms with Gasteiger partial charge in [-0.2, -0.15) is 0 Å². The molecule has 0 aromatic heterocycles. The van der Waals surface area contributed by atoms with Gasteiger partial charge in [0.25, 0.3) is 6.43 Å². The van der Waals surface area contributed by atoms with Gasteiger partial charge in [0.05, 0.1) is 0 Å². The lowest BCUT2D eigenvalue weighted by atomic mass is 10.2. The molecule has 0 fully saturated rings. The highest BCUT2D eigenvalue weighted by atomic mass is 19.3. The Morgan fingerprint density at radius 3 is 2.00 bits per heavy atom. The lowest BCUT2D eigenvalue weighted by Crippen LogP contribution is -1.82. The monoisotopic (exact) mass is 140 g/mol. The molecule has 0 nitrogen and oxygen atoms in total. The van der Waals surface area contributed by atoms with Crippen LogP contribution < -0.4 is 0 Å². The van der Waals surface area contributed by atoms with Crippen LogP contribution in [-0.2, 0) is 0 Å². The zero-order valence-corrected chi connectivity index (χ0v) is 5.22. The smallest absolute Gasteiger partial charge is 0.205 e. The van der Waals surface area contributed by atoms with E-state index in [9.17, 15) is 8.78 Å². The molecule has 0 amide bonds. The van der Waals surface area contributed by atoms with Crippen molar-refractivity contribution >= 4 is 0 Å². The van der Waals surface area contributed by atoms with Crippen molar-refractivity contribution in [1.29, 1.82) is 0 Å². The Bertz CT molecular complexity index is 201. The fourth-order valence-corrected chi connectivity index (χ4v) is 0.641. The maximum atomic E-state index is 11.9. The number of benzene rings is 1. The summed E-state index contributed by atoms with van der Waals surface area (Å²) in [5.41, 5.74) is 0.513. The fraction of sp³-hybridized carbons (Fsp3) is 0.125. The van der Waals surface area contributed by atoms with Crippen LogP contribution >= 0.6 is 0 Å². The summed E-state index contributed by atoms with van der Waals surface area (Å²) in [7, 11) is 0. The normalized spacial score (nSPS) is 10.4. The summed E-state index contributed by atoms with van der Waals surface area (Å²) < 4.78 is 23.7. The van der Waals surface area contributed by atoms with Gasteiger partial charge in [0.2, 0.25) is 0 Å². The molecule has 0 aliphatic rings. The van der Waals surface area contributed by atoms with E-state index in [1.807, 2.05) is 0 Å². The van der Waals surface area contributed by atoms with Gasteiger partial charge >= 0.3 is 0 Å². The average molecular weight is 140 g/mol. The third-order valence-electron chi connectivity index (χ3n) is 1.19. The minimum absolute atomic E-state index is 0.00852. The van der Waals surface area contributed by atoms with Crippen molar-refractivity contribution in [3.8, 4) is 0 Å². The quantitative estimate of drug-likeness (QED) is 0.562. The van der Waals surface area contributed by atoms with Crippen molar-refractivity contribution in [3.05, 3.63) is 42.3 Å². The third kappa shape index (κ3) is 1.53. The van der Waals surface area contributed by atoms with E-state index in [0.717, 1.165) is 0 Å². The summed E-state index contributed by atoms with van der Waals surface area (Å²) in [6, 6.07) is 5.56. The predicted octanol–water partition coefficient (Wildman–Crippen LogP) is 2.68. The van der Waals surface area contributed by atoms with E-state index in [4.69, 9.17) is 6.92 Å². The minimum Gasteiger partial charge on any atom is -0.205 e. The Labute approximate surface area is 58.5 Å². The Balaban J connectivity index is 2.89. The summed E-state index contributed by atoms with van der Waals surface area (Å²) in [5.74, 6) is 0. The van der Waals surface area contributed by atoms with E-state index in [2.05, 4.69) is 0 Å². The largest absolute Gasteiger partial charge is 0.263 e. The predicted molar refractivity (Wildman–Crippen MR) is 34.8 cm³/mol. The van der Waals surface area contributed by atoms with Gasteiger partial charge in [-0.1, -0.05) is 24.3 Å². The lowest BCUT2D eigenvalue weighted by molar-refractivity contribution is 0.151. The molecular weight excluding hydrogens is 134 g/mol. The number of alkyl halides is 2. The van der Waals surface area contributed by atoms with Crippen molar-refractivity contribution < 1.29 is 8.78 Å². The van der Waals surface area contributed by atoms with Crippen LogP contribution in [0, 0.1) is 6.92 Å². The van der Waals surface area contributed by atoms with Gasteiger partial charge in [0.15, 0.2) is 0 Å². The first-order valence-electron chi connectivity index (χ1n) is 2.84. The minimum atomic E-state index is -2.40. The molecule has 0 spiro atoms. The Morgan fingerprint density at radius 1 is 1.10 bits per heavy atom. The van der Waals surface area contributed by atoms with E-state index in [1.165, 1.54) is 24.3 Å². The molecule has 10 heavy (non-hydrogen) atoms. The molecule has 1 rings (SSSR count). The molecule has 0 aliphatic heterocycles. The van der Waals surface area contributed by atoms with Crippen LogP contribution in [0.2, 0.25) is 0 Å². The van der Waals surface area contributed by atoms with Crippen molar-refractivity contribution in [2.45, 2.75) is 6.43 Å². The number of hydrogen-bond acceptors (Lipinski definition) is 0. The third-order valence-corrected chi connectivity index (χ3v) is 1.19. The Morgan fingerprint density at radius 2 is 1.60 bits per heavy atom. The van der Waals surface area contributed by atoms with E-state index >= 15 is 0 Å². The van der Waals surface area contributed by atoms with Crippen LogP contribution in [0.15, 0.2) is 24.3 Å².